The Labute approximate surface area is 148 Å². The standard InChI is InChI=1S/2C6H7O3P.Fe.Ni/c2*7-10(8,9)6-4-2-1-3-5-6;;/h2*1-5H,(H2,7,8,9);;/q;;2*+2/p-4. The van der Waals surface area contributed by atoms with Crippen LogP contribution in [0.4, 0.5) is 0 Å². The van der Waals surface area contributed by atoms with Gasteiger partial charge in [0.25, 0.3) is 0 Å². The molecule has 6 nitrogen and oxygen atoms in total. The first-order valence-corrected chi connectivity index (χ1v) is 8.45. The van der Waals surface area contributed by atoms with E-state index in [0.29, 0.717) is 0 Å². The minimum absolute atomic E-state index is 0. The molecule has 2 aromatic rings. The van der Waals surface area contributed by atoms with Gasteiger partial charge in [0.05, 0.1) is 0 Å². The second-order valence-electron chi connectivity index (χ2n) is 3.67. The summed E-state index contributed by atoms with van der Waals surface area (Å²) in [4.78, 5) is 41.2. The summed E-state index contributed by atoms with van der Waals surface area (Å²) in [6.07, 6.45) is 0. The molecule has 0 unspecified atom stereocenters. The number of benzene rings is 2. The molecular formula is C12H10FeNiO6P2. The summed E-state index contributed by atoms with van der Waals surface area (Å²) in [7, 11) is -9.04. The molecule has 0 atom stereocenters. The van der Waals surface area contributed by atoms with Crippen LogP contribution in [0.1, 0.15) is 0 Å². The molecule has 0 aliphatic rings. The maximum atomic E-state index is 10.3. The van der Waals surface area contributed by atoms with Crippen LogP contribution in [0.3, 0.4) is 0 Å². The zero-order chi connectivity index (χ0) is 15.2. The van der Waals surface area contributed by atoms with Crippen LogP contribution in [0.5, 0.6) is 0 Å². The first-order chi connectivity index (χ1) is 9.21. The van der Waals surface area contributed by atoms with Crippen molar-refractivity contribution in [3.63, 3.8) is 0 Å². The van der Waals surface area contributed by atoms with Gasteiger partial charge in [-0.3, -0.25) is 0 Å². The molecule has 0 aliphatic heterocycles. The van der Waals surface area contributed by atoms with E-state index in [1.54, 1.807) is 12.1 Å². The molecule has 0 N–H and O–H groups in total. The molecule has 0 aromatic heterocycles. The van der Waals surface area contributed by atoms with Gasteiger partial charge in [-0.1, -0.05) is 60.7 Å². The minimum atomic E-state index is -4.52. The van der Waals surface area contributed by atoms with E-state index in [1.807, 2.05) is 0 Å². The normalized spacial score (nSPS) is 10.4. The van der Waals surface area contributed by atoms with Crippen molar-refractivity contribution in [2.45, 2.75) is 0 Å². The van der Waals surface area contributed by atoms with E-state index in [1.165, 1.54) is 48.5 Å². The summed E-state index contributed by atoms with van der Waals surface area (Å²) in [6, 6.07) is 14.5. The van der Waals surface area contributed by atoms with Gasteiger partial charge in [0, 0.05) is 0 Å². The summed E-state index contributed by atoms with van der Waals surface area (Å²) < 4.78 is 20.6. The fourth-order valence-corrected chi connectivity index (χ4v) is 2.30. The summed E-state index contributed by atoms with van der Waals surface area (Å²) in [5, 5.41) is -0.315. The van der Waals surface area contributed by atoms with E-state index in [9.17, 15) is 28.7 Å². The topological polar surface area (TPSA) is 126 Å². The van der Waals surface area contributed by atoms with Gasteiger partial charge >= 0.3 is 33.6 Å². The van der Waals surface area contributed by atoms with Crippen molar-refractivity contribution in [2.75, 3.05) is 0 Å². The van der Waals surface area contributed by atoms with Crippen molar-refractivity contribution >= 4 is 25.8 Å². The average Bonchev–Trinajstić information content (AvgIpc) is 2.40. The molecule has 22 heavy (non-hydrogen) atoms. The van der Waals surface area contributed by atoms with E-state index in [-0.39, 0.29) is 44.2 Å². The Bertz CT molecular complexity index is 571. The number of rotatable bonds is 2. The van der Waals surface area contributed by atoms with Gasteiger partial charge in [-0.2, -0.15) is 0 Å². The number of hydrogen-bond donors (Lipinski definition) is 0. The van der Waals surface area contributed by atoms with Gasteiger partial charge in [0.2, 0.25) is 0 Å². The maximum absolute atomic E-state index is 10.3. The van der Waals surface area contributed by atoms with Crippen LogP contribution >= 0.6 is 15.2 Å². The fourth-order valence-electron chi connectivity index (χ4n) is 1.22. The Hall–Kier alpha value is -0.247. The van der Waals surface area contributed by atoms with Crippen LogP contribution in [-0.4, -0.2) is 0 Å². The monoisotopic (exact) mass is 426 g/mol. The van der Waals surface area contributed by atoms with Crippen molar-refractivity contribution in [3.05, 3.63) is 60.7 Å². The predicted molar refractivity (Wildman–Crippen MR) is 67.4 cm³/mol. The summed E-state index contributed by atoms with van der Waals surface area (Å²) in [6.45, 7) is 0. The third-order valence-electron chi connectivity index (χ3n) is 2.14. The van der Waals surface area contributed by atoms with Crippen LogP contribution in [0.15, 0.2) is 60.7 Å². The molecular weight excluding hydrogens is 417 g/mol. The first kappa shape index (κ1) is 24.0. The van der Waals surface area contributed by atoms with Crippen molar-refractivity contribution in [1.29, 1.82) is 0 Å². The summed E-state index contributed by atoms with van der Waals surface area (Å²) in [5.74, 6) is 0. The van der Waals surface area contributed by atoms with Gasteiger partial charge in [-0.25, -0.2) is 0 Å². The SMILES string of the molecule is O=P([O-])([O-])c1ccccc1.O=P([O-])([O-])c1ccccc1.[Fe+2].[Ni+2]. The molecule has 0 fully saturated rings. The third kappa shape index (κ3) is 9.02. The molecule has 2 rings (SSSR count). The molecule has 2 aromatic carbocycles. The Morgan fingerprint density at radius 3 is 0.955 bits per heavy atom. The molecule has 0 aliphatic carbocycles. The second kappa shape index (κ2) is 10.5. The van der Waals surface area contributed by atoms with E-state index in [2.05, 4.69) is 0 Å². The van der Waals surface area contributed by atoms with Crippen molar-refractivity contribution in [2.24, 2.45) is 0 Å². The van der Waals surface area contributed by atoms with Crippen molar-refractivity contribution in [1.82, 2.24) is 0 Å². The van der Waals surface area contributed by atoms with Crippen LogP contribution in [0, 0.1) is 0 Å². The fraction of sp³-hybridized carbons (Fsp3) is 0. The molecule has 0 saturated heterocycles. The molecule has 10 heteroatoms. The minimum Gasteiger partial charge on any atom is -0.807 e. The largest absolute Gasteiger partial charge is 2.00 e. The van der Waals surface area contributed by atoms with Crippen LogP contribution < -0.4 is 30.2 Å². The van der Waals surface area contributed by atoms with Gasteiger partial charge < -0.3 is 28.7 Å². The van der Waals surface area contributed by atoms with E-state index < -0.39 is 15.2 Å². The predicted octanol–water partition coefficient (Wildman–Crippen LogP) is -1.55. The Kier molecular flexibility index (Phi) is 11.5. The smallest absolute Gasteiger partial charge is 0.807 e. The molecule has 0 spiro atoms. The van der Waals surface area contributed by atoms with Crippen molar-refractivity contribution < 1.29 is 62.3 Å². The van der Waals surface area contributed by atoms with Gasteiger partial charge in [0.15, 0.2) is 0 Å². The van der Waals surface area contributed by atoms with E-state index >= 15 is 0 Å². The quantitative estimate of drug-likeness (QED) is 0.422. The zero-order valence-electron chi connectivity index (χ0n) is 10.8. The molecule has 0 amide bonds. The van der Waals surface area contributed by atoms with Gasteiger partial charge in [0.1, 0.15) is 0 Å². The summed E-state index contributed by atoms with van der Waals surface area (Å²) >= 11 is 0. The maximum Gasteiger partial charge on any atom is 2.00 e. The van der Waals surface area contributed by atoms with Gasteiger partial charge in [-0.05, 0) is 25.8 Å². The Balaban J connectivity index is 0. The molecule has 0 heterocycles. The zero-order valence-corrected chi connectivity index (χ0v) is 14.7. The van der Waals surface area contributed by atoms with Gasteiger partial charge in [-0.15, -0.1) is 0 Å². The van der Waals surface area contributed by atoms with E-state index in [4.69, 9.17) is 0 Å². The third-order valence-corrected chi connectivity index (χ3v) is 4.01. The van der Waals surface area contributed by atoms with E-state index in [0.717, 1.165) is 0 Å². The molecule has 0 saturated carbocycles. The van der Waals surface area contributed by atoms with Crippen LogP contribution in [-0.2, 0) is 42.7 Å². The average molecular weight is 427 g/mol. The summed E-state index contributed by atoms with van der Waals surface area (Å²) in [5.41, 5.74) is 0. The Morgan fingerprint density at radius 1 is 0.591 bits per heavy atom. The first-order valence-electron chi connectivity index (χ1n) is 5.36. The number of hydrogen-bond acceptors (Lipinski definition) is 6. The molecule has 0 bridgehead atoms. The second-order valence-corrected chi connectivity index (χ2v) is 6.69. The van der Waals surface area contributed by atoms with Crippen LogP contribution in [0.2, 0.25) is 0 Å². The van der Waals surface area contributed by atoms with Crippen molar-refractivity contribution in [3.8, 4) is 0 Å². The molecule has 122 valence electrons. The Morgan fingerprint density at radius 2 is 0.818 bits per heavy atom. The van der Waals surface area contributed by atoms with Crippen LogP contribution in [0.25, 0.3) is 0 Å². The molecule has 0 radical (unpaired) electrons.